The largest absolute Gasteiger partial charge is 0.481 e. The molecule has 0 saturated heterocycles. The summed E-state index contributed by atoms with van der Waals surface area (Å²) in [7, 11) is 0. The van der Waals surface area contributed by atoms with Gasteiger partial charge in [-0.15, -0.1) is 0 Å². The molecule has 0 fully saturated rings. The van der Waals surface area contributed by atoms with Crippen molar-refractivity contribution in [2.45, 2.75) is 47.1 Å². The van der Waals surface area contributed by atoms with Gasteiger partial charge in [0.15, 0.2) is 0 Å². The van der Waals surface area contributed by atoms with Gasteiger partial charge in [-0.3, -0.25) is 14.4 Å². The molecule has 0 aliphatic carbocycles. The van der Waals surface area contributed by atoms with Gasteiger partial charge in [0.25, 0.3) is 0 Å². The molecule has 6 nitrogen and oxygen atoms in total. The average Bonchev–Trinajstić information content (AvgIpc) is 2.22. The second-order valence-electron chi connectivity index (χ2n) is 5.66. The minimum absolute atomic E-state index is 0.312. The summed E-state index contributed by atoms with van der Waals surface area (Å²) in [6.07, 6.45) is 0.798. The smallest absolute Gasteiger partial charge is 0.316 e. The fraction of sp³-hybridized carbons (Fsp3) is 0.769. The van der Waals surface area contributed by atoms with Crippen molar-refractivity contribution >= 4 is 17.8 Å². The van der Waals surface area contributed by atoms with Gasteiger partial charge in [-0.1, -0.05) is 27.7 Å². The molecule has 0 heterocycles. The summed E-state index contributed by atoms with van der Waals surface area (Å²) in [4.78, 5) is 34.7. The Kier molecular flexibility index (Phi) is 6.52. The van der Waals surface area contributed by atoms with Crippen LogP contribution in [0.3, 0.4) is 0 Å². The lowest BCUT2D eigenvalue weighted by Crippen LogP contribution is -2.50. The van der Waals surface area contributed by atoms with Crippen LogP contribution in [0, 0.1) is 11.3 Å². The molecule has 2 unspecified atom stereocenters. The van der Waals surface area contributed by atoms with Crippen LogP contribution >= 0.6 is 0 Å². The molecule has 0 spiro atoms. The van der Waals surface area contributed by atoms with Gasteiger partial charge in [0.05, 0.1) is 0 Å². The summed E-state index contributed by atoms with van der Waals surface area (Å²) in [6.45, 7) is 9.00. The molecule has 0 radical (unpaired) electrons. The molecule has 110 valence electrons. The molecule has 3 N–H and O–H groups in total. The number of aliphatic carboxylic acids is 1. The summed E-state index contributed by atoms with van der Waals surface area (Å²) < 4.78 is 0. The highest BCUT2D eigenvalue weighted by Gasteiger charge is 2.38. The number of carbonyl (C=O) groups excluding carboxylic acids is 2. The van der Waals surface area contributed by atoms with Crippen molar-refractivity contribution in [2.24, 2.45) is 11.3 Å². The minimum Gasteiger partial charge on any atom is -0.481 e. The van der Waals surface area contributed by atoms with Crippen LogP contribution in [-0.2, 0) is 14.4 Å². The molecule has 19 heavy (non-hydrogen) atoms. The van der Waals surface area contributed by atoms with Crippen molar-refractivity contribution in [2.75, 3.05) is 6.54 Å². The number of hydrogen-bond acceptors (Lipinski definition) is 3. The van der Waals surface area contributed by atoms with Crippen molar-refractivity contribution in [1.29, 1.82) is 0 Å². The lowest BCUT2D eigenvalue weighted by molar-refractivity contribution is -0.152. The van der Waals surface area contributed by atoms with E-state index in [0.717, 1.165) is 6.42 Å². The van der Waals surface area contributed by atoms with Crippen molar-refractivity contribution < 1.29 is 19.5 Å². The quantitative estimate of drug-likeness (QED) is 0.622. The van der Waals surface area contributed by atoms with Crippen molar-refractivity contribution in [1.82, 2.24) is 10.6 Å². The first-order chi connectivity index (χ1) is 8.61. The van der Waals surface area contributed by atoms with E-state index >= 15 is 0 Å². The van der Waals surface area contributed by atoms with Gasteiger partial charge in [0, 0.05) is 6.54 Å². The number of carboxylic acids is 1. The molecule has 2 atom stereocenters. The molecule has 0 aromatic carbocycles. The third kappa shape index (κ3) is 5.72. The van der Waals surface area contributed by atoms with Crippen molar-refractivity contribution in [3.05, 3.63) is 0 Å². The predicted molar refractivity (Wildman–Crippen MR) is 71.5 cm³/mol. The number of nitrogens with one attached hydrogen (secondary N) is 2. The molecule has 2 amide bonds. The molecule has 0 bridgehead atoms. The third-order valence-electron chi connectivity index (χ3n) is 2.68. The van der Waals surface area contributed by atoms with Gasteiger partial charge < -0.3 is 15.7 Å². The first kappa shape index (κ1) is 17.4. The Morgan fingerprint density at radius 1 is 1.16 bits per heavy atom. The van der Waals surface area contributed by atoms with Gasteiger partial charge in [0.1, 0.15) is 12.0 Å². The number of carbonyl (C=O) groups is 3. The maximum absolute atomic E-state index is 11.9. The molecule has 0 aromatic heterocycles. The van der Waals surface area contributed by atoms with Gasteiger partial charge in [-0.25, -0.2) is 0 Å². The first-order valence-corrected chi connectivity index (χ1v) is 6.42. The Bertz CT molecular complexity index is 347. The minimum atomic E-state index is -1.19. The molecule has 0 rings (SSSR count). The molecule has 0 aliphatic heterocycles. The maximum Gasteiger partial charge on any atom is 0.316 e. The normalized spacial score (nSPS) is 14.4. The zero-order valence-electron chi connectivity index (χ0n) is 12.2. The van der Waals surface area contributed by atoms with E-state index < -0.39 is 29.3 Å². The van der Waals surface area contributed by atoms with Crippen molar-refractivity contribution in [3.63, 3.8) is 0 Å². The Morgan fingerprint density at radius 2 is 1.68 bits per heavy atom. The van der Waals surface area contributed by atoms with Gasteiger partial charge >= 0.3 is 5.97 Å². The van der Waals surface area contributed by atoms with E-state index in [-0.39, 0.29) is 5.91 Å². The molecule has 0 aromatic rings. The Hall–Kier alpha value is -1.59. The standard InChI is InChI=1S/C13H24N2O4/c1-6-7-14-10(16)8(2)15-11(17)9(12(18)19)13(3,4)5/h8-9H,6-7H2,1-5H3,(H,14,16)(H,15,17)(H,18,19). The molecule has 0 saturated carbocycles. The third-order valence-corrected chi connectivity index (χ3v) is 2.68. The number of hydrogen-bond donors (Lipinski definition) is 3. The Balaban J connectivity index is 4.66. The van der Waals surface area contributed by atoms with Crippen LogP contribution in [0.5, 0.6) is 0 Å². The number of carboxylic acid groups (broad SMARTS) is 1. The number of amides is 2. The van der Waals surface area contributed by atoms with Crippen LogP contribution in [0.2, 0.25) is 0 Å². The van der Waals surface area contributed by atoms with E-state index in [1.165, 1.54) is 6.92 Å². The van der Waals surface area contributed by atoms with Gasteiger partial charge in [-0.2, -0.15) is 0 Å². The van der Waals surface area contributed by atoms with E-state index in [2.05, 4.69) is 10.6 Å². The summed E-state index contributed by atoms with van der Waals surface area (Å²) >= 11 is 0. The van der Waals surface area contributed by atoms with E-state index in [0.29, 0.717) is 6.54 Å². The average molecular weight is 272 g/mol. The topological polar surface area (TPSA) is 95.5 Å². The maximum atomic E-state index is 11.9. The fourth-order valence-corrected chi connectivity index (χ4v) is 1.64. The van der Waals surface area contributed by atoms with Crippen LogP contribution in [0.1, 0.15) is 41.0 Å². The van der Waals surface area contributed by atoms with Gasteiger partial charge in [0.2, 0.25) is 11.8 Å². The van der Waals surface area contributed by atoms with E-state index in [4.69, 9.17) is 5.11 Å². The van der Waals surface area contributed by atoms with Gasteiger partial charge in [-0.05, 0) is 18.8 Å². The van der Waals surface area contributed by atoms with Crippen LogP contribution in [0.4, 0.5) is 0 Å². The Morgan fingerprint density at radius 3 is 2.05 bits per heavy atom. The zero-order valence-corrected chi connectivity index (χ0v) is 12.2. The SMILES string of the molecule is CCCNC(=O)C(C)NC(=O)C(C(=O)O)C(C)(C)C. The fourth-order valence-electron chi connectivity index (χ4n) is 1.64. The van der Waals surface area contributed by atoms with E-state index in [1.54, 1.807) is 20.8 Å². The van der Waals surface area contributed by atoms with Crippen LogP contribution in [-0.4, -0.2) is 35.5 Å². The summed E-state index contributed by atoms with van der Waals surface area (Å²) in [5, 5.41) is 14.2. The van der Waals surface area contributed by atoms with E-state index in [1.807, 2.05) is 6.92 Å². The summed E-state index contributed by atoms with van der Waals surface area (Å²) in [5.74, 6) is -3.33. The van der Waals surface area contributed by atoms with E-state index in [9.17, 15) is 14.4 Å². The van der Waals surface area contributed by atoms with Crippen LogP contribution in [0.25, 0.3) is 0 Å². The second-order valence-corrected chi connectivity index (χ2v) is 5.66. The molecule has 6 heteroatoms. The first-order valence-electron chi connectivity index (χ1n) is 6.42. The van der Waals surface area contributed by atoms with Crippen LogP contribution in [0.15, 0.2) is 0 Å². The summed E-state index contributed by atoms with van der Waals surface area (Å²) in [5.41, 5.74) is -0.713. The lowest BCUT2D eigenvalue weighted by atomic mass is 9.80. The number of rotatable bonds is 6. The predicted octanol–water partition coefficient (Wildman–Crippen LogP) is 0.764. The van der Waals surface area contributed by atoms with Crippen LogP contribution < -0.4 is 10.6 Å². The highest BCUT2D eigenvalue weighted by atomic mass is 16.4. The Labute approximate surface area is 113 Å². The highest BCUT2D eigenvalue weighted by molar-refractivity contribution is 5.99. The molecule has 0 aliphatic rings. The monoisotopic (exact) mass is 272 g/mol. The molecular formula is C13H24N2O4. The zero-order chi connectivity index (χ0) is 15.2. The lowest BCUT2D eigenvalue weighted by Gasteiger charge is -2.27. The van der Waals surface area contributed by atoms with Crippen molar-refractivity contribution in [3.8, 4) is 0 Å². The second kappa shape index (κ2) is 7.11. The highest BCUT2D eigenvalue weighted by Crippen LogP contribution is 2.26. The molecular weight excluding hydrogens is 248 g/mol. The summed E-state index contributed by atoms with van der Waals surface area (Å²) in [6, 6.07) is -0.747.